The van der Waals surface area contributed by atoms with Gasteiger partial charge < -0.3 is 19.5 Å². The van der Waals surface area contributed by atoms with Crippen LogP contribution in [0, 0.1) is 5.92 Å². The molecule has 6 rings (SSSR count). The lowest BCUT2D eigenvalue weighted by Gasteiger charge is -2.60. The quantitative estimate of drug-likeness (QED) is 0.737. The summed E-state index contributed by atoms with van der Waals surface area (Å²) < 4.78 is 12.2. The molecule has 2 saturated heterocycles. The highest BCUT2D eigenvalue weighted by Gasteiger charge is 2.71. The van der Waals surface area contributed by atoms with E-state index < -0.39 is 11.0 Å². The van der Waals surface area contributed by atoms with Crippen LogP contribution in [-0.4, -0.2) is 77.7 Å². The maximum absolute atomic E-state index is 12.5. The summed E-state index contributed by atoms with van der Waals surface area (Å²) in [6.45, 7) is 3.01. The predicted octanol–water partition coefficient (Wildman–Crippen LogP) is 1.94. The van der Waals surface area contributed by atoms with Crippen molar-refractivity contribution >= 4 is 17.5 Å². The average molecular weight is 433 g/mol. The molecule has 5 aliphatic rings. The van der Waals surface area contributed by atoms with Crippen molar-refractivity contribution in [2.75, 3.05) is 39.2 Å². The fourth-order valence-corrected chi connectivity index (χ4v) is 7.03. The van der Waals surface area contributed by atoms with Crippen LogP contribution < -0.4 is 9.47 Å². The molecule has 3 heterocycles. The van der Waals surface area contributed by atoms with Gasteiger partial charge in [0.1, 0.15) is 12.0 Å². The number of amides is 1. The van der Waals surface area contributed by atoms with Crippen LogP contribution in [0.15, 0.2) is 12.1 Å². The van der Waals surface area contributed by atoms with E-state index >= 15 is 0 Å². The number of hydrogen-bond acceptors (Lipinski definition) is 5. The Morgan fingerprint density at radius 3 is 2.90 bits per heavy atom. The zero-order chi connectivity index (χ0) is 20.7. The Morgan fingerprint density at radius 1 is 1.33 bits per heavy atom. The normalized spacial score (nSPS) is 36.7. The van der Waals surface area contributed by atoms with Crippen LogP contribution in [-0.2, 0) is 16.6 Å². The molecule has 2 aliphatic carbocycles. The molecule has 7 heteroatoms. The van der Waals surface area contributed by atoms with Gasteiger partial charge in [0.2, 0.25) is 5.91 Å². The third-order valence-corrected chi connectivity index (χ3v) is 8.69. The third kappa shape index (κ3) is 2.36. The number of rotatable bonds is 4. The van der Waals surface area contributed by atoms with Gasteiger partial charge in [-0.15, -0.1) is 11.6 Å². The highest BCUT2D eigenvalue weighted by Crippen LogP contribution is 2.63. The highest BCUT2D eigenvalue weighted by molar-refractivity contribution is 6.27. The molecule has 1 aromatic carbocycles. The molecule has 0 aromatic heterocycles. The Morgan fingerprint density at radius 2 is 2.17 bits per heavy atom. The van der Waals surface area contributed by atoms with E-state index in [2.05, 4.69) is 11.0 Å². The third-order valence-electron chi connectivity index (χ3n) is 8.46. The fourth-order valence-electron chi connectivity index (χ4n) is 6.87. The van der Waals surface area contributed by atoms with Crippen LogP contribution in [0.3, 0.4) is 0 Å². The van der Waals surface area contributed by atoms with Crippen LogP contribution in [0.2, 0.25) is 0 Å². The van der Waals surface area contributed by atoms with E-state index in [4.69, 9.17) is 21.1 Å². The number of hydrogen-bond donors (Lipinski definition) is 1. The second-order valence-electron chi connectivity index (χ2n) is 9.76. The van der Waals surface area contributed by atoms with Gasteiger partial charge in [-0.25, -0.2) is 0 Å². The van der Waals surface area contributed by atoms with Crippen molar-refractivity contribution in [3.8, 4) is 11.5 Å². The van der Waals surface area contributed by atoms with Gasteiger partial charge in [0.05, 0.1) is 24.7 Å². The summed E-state index contributed by atoms with van der Waals surface area (Å²) in [6, 6.07) is 4.20. The lowest BCUT2D eigenvalue weighted by Crippen LogP contribution is -2.74. The summed E-state index contributed by atoms with van der Waals surface area (Å²) in [5.41, 5.74) is 0.963. The van der Waals surface area contributed by atoms with Crippen LogP contribution in [0.1, 0.15) is 36.8 Å². The maximum atomic E-state index is 12.5. The van der Waals surface area contributed by atoms with Crippen molar-refractivity contribution in [2.24, 2.45) is 5.92 Å². The smallest absolute Gasteiger partial charge is 0.237 e. The Balaban J connectivity index is 1.52. The van der Waals surface area contributed by atoms with Gasteiger partial charge in [-0.1, -0.05) is 6.07 Å². The number of carbonyl (C=O) groups is 1. The molecule has 6 nitrogen and oxygen atoms in total. The molecule has 162 valence electrons. The van der Waals surface area contributed by atoms with Crippen molar-refractivity contribution < 1.29 is 19.4 Å². The number of benzene rings is 1. The lowest BCUT2D eigenvalue weighted by molar-refractivity contribution is -0.162. The lowest BCUT2D eigenvalue weighted by atomic mass is 9.52. The van der Waals surface area contributed by atoms with Crippen LogP contribution in [0.4, 0.5) is 0 Å². The molecule has 0 radical (unpaired) electrons. The molecule has 3 aliphatic heterocycles. The van der Waals surface area contributed by atoms with E-state index in [-0.39, 0.29) is 23.9 Å². The van der Waals surface area contributed by atoms with E-state index in [1.54, 1.807) is 12.0 Å². The van der Waals surface area contributed by atoms with E-state index in [1.807, 2.05) is 6.07 Å². The van der Waals surface area contributed by atoms with Crippen molar-refractivity contribution in [1.82, 2.24) is 9.80 Å². The fraction of sp³-hybridized carbons (Fsp3) is 0.696. The summed E-state index contributed by atoms with van der Waals surface area (Å²) in [7, 11) is 1.66. The van der Waals surface area contributed by atoms with Gasteiger partial charge >= 0.3 is 0 Å². The Bertz CT molecular complexity index is 905. The van der Waals surface area contributed by atoms with Gasteiger partial charge in [0.25, 0.3) is 0 Å². The topological polar surface area (TPSA) is 62.2 Å². The zero-order valence-electron chi connectivity index (χ0n) is 17.4. The molecule has 1 saturated carbocycles. The van der Waals surface area contributed by atoms with Gasteiger partial charge in [0, 0.05) is 24.7 Å². The number of halogens is 1. The number of carbonyl (C=O) groups excluding carboxylic acids is 1. The second kappa shape index (κ2) is 6.50. The summed E-state index contributed by atoms with van der Waals surface area (Å²) in [6.07, 6.45) is 4.53. The summed E-state index contributed by atoms with van der Waals surface area (Å²) >= 11 is 5.91. The number of likely N-dealkylation sites (tertiary alicyclic amines) is 2. The molecular formula is C23H29ClN2O4. The van der Waals surface area contributed by atoms with Crippen molar-refractivity contribution in [3.05, 3.63) is 23.3 Å². The number of nitrogens with zero attached hydrogens (tertiary/aromatic N) is 2. The minimum Gasteiger partial charge on any atom is -0.493 e. The molecule has 30 heavy (non-hydrogen) atoms. The first-order valence-corrected chi connectivity index (χ1v) is 11.7. The van der Waals surface area contributed by atoms with Crippen molar-refractivity contribution in [3.63, 3.8) is 0 Å². The van der Waals surface area contributed by atoms with Crippen molar-refractivity contribution in [2.45, 2.75) is 55.3 Å². The van der Waals surface area contributed by atoms with E-state index in [1.165, 1.54) is 18.4 Å². The summed E-state index contributed by atoms with van der Waals surface area (Å²) in [5, 5.41) is 12.5. The number of aliphatic hydroxyl groups is 1. The molecule has 1 amide bonds. The highest BCUT2D eigenvalue weighted by atomic mass is 35.5. The standard InChI is InChI=1S/C23H29ClN2O4/c1-29-16-5-4-15-10-17-23(28)7-9-26(19(27)11-24)13-18-22(23,20(15)21(16)30-18)6-8-25(17)12-14-2-3-14/h4-5,14,17-18,28H,2-3,6-13H2,1H3/t17-,18+,22-,23-/m1/s1. The van der Waals surface area contributed by atoms with Crippen LogP contribution >= 0.6 is 11.6 Å². The minimum atomic E-state index is -0.934. The Hall–Kier alpha value is -1.50. The first-order valence-electron chi connectivity index (χ1n) is 11.2. The zero-order valence-corrected chi connectivity index (χ0v) is 18.2. The maximum Gasteiger partial charge on any atom is 0.237 e. The minimum absolute atomic E-state index is 0.0447. The predicted molar refractivity (Wildman–Crippen MR) is 112 cm³/mol. The van der Waals surface area contributed by atoms with Crippen molar-refractivity contribution in [1.29, 1.82) is 0 Å². The van der Waals surface area contributed by atoms with Gasteiger partial charge in [-0.05, 0) is 56.2 Å². The van der Waals surface area contributed by atoms with E-state index in [0.717, 1.165) is 43.2 Å². The SMILES string of the molecule is COc1ccc2c3c1O[C@H]1CN(C(=O)CCl)CC[C@@]4(O)[C@@H](C2)N(CC2CC2)CC[C@]314. The van der Waals surface area contributed by atoms with Gasteiger partial charge in [-0.3, -0.25) is 9.69 Å². The largest absolute Gasteiger partial charge is 0.493 e. The van der Waals surface area contributed by atoms with Gasteiger partial charge in [-0.2, -0.15) is 0 Å². The molecule has 2 bridgehead atoms. The summed E-state index contributed by atoms with van der Waals surface area (Å²) in [4.78, 5) is 16.9. The first kappa shape index (κ1) is 19.2. The van der Waals surface area contributed by atoms with Gasteiger partial charge in [0.15, 0.2) is 11.5 Å². The van der Waals surface area contributed by atoms with Crippen LogP contribution in [0.5, 0.6) is 11.5 Å². The molecular weight excluding hydrogens is 404 g/mol. The Labute approximate surface area is 182 Å². The molecule has 1 spiro atoms. The summed E-state index contributed by atoms with van der Waals surface area (Å²) in [5.74, 6) is 2.12. The number of methoxy groups -OCH3 is 1. The molecule has 1 N–H and O–H groups in total. The van der Waals surface area contributed by atoms with E-state index in [0.29, 0.717) is 25.3 Å². The molecule has 3 fully saturated rings. The monoisotopic (exact) mass is 432 g/mol. The second-order valence-corrected chi connectivity index (χ2v) is 10.0. The van der Waals surface area contributed by atoms with E-state index in [9.17, 15) is 9.90 Å². The molecule has 1 aromatic rings. The Kier molecular flexibility index (Phi) is 4.16. The average Bonchev–Trinajstić information content (AvgIpc) is 3.51. The van der Waals surface area contributed by atoms with Crippen LogP contribution in [0.25, 0.3) is 0 Å². The molecule has 0 unspecified atom stereocenters. The number of ether oxygens (including phenoxy) is 2. The number of alkyl halides is 1. The molecule has 4 atom stereocenters. The number of piperidine rings is 1. The first-order chi connectivity index (χ1) is 14.5.